The van der Waals surface area contributed by atoms with Crippen LogP contribution in [0.4, 0.5) is 14.5 Å². The van der Waals surface area contributed by atoms with Crippen LogP contribution in [0, 0.1) is 11.6 Å². The third kappa shape index (κ3) is 6.01. The van der Waals surface area contributed by atoms with Crippen LogP contribution in [0.5, 0.6) is 0 Å². The van der Waals surface area contributed by atoms with E-state index in [-0.39, 0.29) is 24.0 Å². The first-order valence-electron chi connectivity index (χ1n) is 10.4. The number of hydrogen-bond donors (Lipinski definition) is 2. The predicted octanol–water partition coefficient (Wildman–Crippen LogP) is 4.09. The van der Waals surface area contributed by atoms with Crippen LogP contribution >= 0.6 is 0 Å². The number of carbonyl (C=O) groups is 2. The van der Waals surface area contributed by atoms with Gasteiger partial charge in [0.1, 0.15) is 5.76 Å². The first-order chi connectivity index (χ1) is 15.5. The summed E-state index contributed by atoms with van der Waals surface area (Å²) in [4.78, 5) is 26.6. The van der Waals surface area contributed by atoms with Crippen molar-refractivity contribution in [2.75, 3.05) is 11.9 Å². The minimum atomic E-state index is -1.03. The van der Waals surface area contributed by atoms with Gasteiger partial charge in [-0.15, -0.1) is 0 Å². The van der Waals surface area contributed by atoms with E-state index in [4.69, 9.17) is 4.42 Å². The standard InChI is InChI=1S/C24H23F2N3O3/c25-21-10-9-19(12-22(21)26)27-23(30)15-29(14-20-2-1-11-32-20)13-16-3-5-17(6-4-16)24(31)28-18-7-8-18/h1-6,9-12,18H,7-8,13-15H2,(H,27,30)(H,28,31). The van der Waals surface area contributed by atoms with Gasteiger partial charge in [0.25, 0.3) is 5.91 Å². The third-order valence-corrected chi connectivity index (χ3v) is 5.06. The van der Waals surface area contributed by atoms with Gasteiger partial charge in [0.15, 0.2) is 11.6 Å². The van der Waals surface area contributed by atoms with E-state index >= 15 is 0 Å². The highest BCUT2D eigenvalue weighted by atomic mass is 19.2. The number of rotatable bonds is 9. The highest BCUT2D eigenvalue weighted by Gasteiger charge is 2.23. The van der Waals surface area contributed by atoms with Crippen LogP contribution in [0.1, 0.15) is 34.5 Å². The normalized spacial score (nSPS) is 13.2. The molecule has 0 unspecified atom stereocenters. The van der Waals surface area contributed by atoms with Crippen LogP contribution < -0.4 is 10.6 Å². The van der Waals surface area contributed by atoms with E-state index < -0.39 is 11.6 Å². The lowest BCUT2D eigenvalue weighted by molar-refractivity contribution is -0.117. The van der Waals surface area contributed by atoms with Crippen molar-refractivity contribution in [2.24, 2.45) is 0 Å². The molecule has 0 radical (unpaired) electrons. The smallest absolute Gasteiger partial charge is 0.251 e. The topological polar surface area (TPSA) is 74.6 Å². The minimum absolute atomic E-state index is 0.00358. The highest BCUT2D eigenvalue weighted by molar-refractivity contribution is 5.94. The zero-order valence-electron chi connectivity index (χ0n) is 17.3. The molecule has 166 valence electrons. The first-order valence-corrected chi connectivity index (χ1v) is 10.4. The van der Waals surface area contributed by atoms with Gasteiger partial charge in [-0.2, -0.15) is 0 Å². The Morgan fingerprint density at radius 3 is 2.44 bits per heavy atom. The molecule has 0 aliphatic heterocycles. The second-order valence-electron chi connectivity index (χ2n) is 7.85. The van der Waals surface area contributed by atoms with Crippen molar-refractivity contribution >= 4 is 17.5 Å². The summed E-state index contributed by atoms with van der Waals surface area (Å²) < 4.78 is 31.9. The summed E-state index contributed by atoms with van der Waals surface area (Å²) in [5, 5.41) is 5.54. The fourth-order valence-corrected chi connectivity index (χ4v) is 3.28. The number of hydrogen-bond acceptors (Lipinski definition) is 4. The minimum Gasteiger partial charge on any atom is -0.468 e. The fraction of sp³-hybridized carbons (Fsp3) is 0.250. The molecule has 8 heteroatoms. The highest BCUT2D eigenvalue weighted by Crippen LogP contribution is 2.20. The van der Waals surface area contributed by atoms with E-state index in [9.17, 15) is 18.4 Å². The molecule has 0 bridgehead atoms. The Morgan fingerprint density at radius 2 is 1.78 bits per heavy atom. The molecular formula is C24H23F2N3O3. The fourth-order valence-electron chi connectivity index (χ4n) is 3.28. The summed E-state index contributed by atoms with van der Waals surface area (Å²) in [6.07, 6.45) is 3.61. The largest absolute Gasteiger partial charge is 0.468 e. The van der Waals surface area contributed by atoms with Crippen molar-refractivity contribution in [3.05, 3.63) is 89.4 Å². The van der Waals surface area contributed by atoms with Crippen molar-refractivity contribution in [3.63, 3.8) is 0 Å². The van der Waals surface area contributed by atoms with Gasteiger partial charge in [0.2, 0.25) is 5.91 Å². The maximum absolute atomic E-state index is 13.4. The molecule has 2 amide bonds. The molecule has 0 spiro atoms. The molecule has 1 fully saturated rings. The lowest BCUT2D eigenvalue weighted by Gasteiger charge is -2.21. The van der Waals surface area contributed by atoms with Crippen molar-refractivity contribution in [3.8, 4) is 0 Å². The van der Waals surface area contributed by atoms with Gasteiger partial charge in [0.05, 0.1) is 19.4 Å². The number of carbonyl (C=O) groups excluding carboxylic acids is 2. The van der Waals surface area contributed by atoms with E-state index in [0.717, 1.165) is 30.5 Å². The van der Waals surface area contributed by atoms with Crippen molar-refractivity contribution in [1.29, 1.82) is 0 Å². The lowest BCUT2D eigenvalue weighted by Crippen LogP contribution is -2.32. The summed E-state index contributed by atoms with van der Waals surface area (Å²) in [6.45, 7) is 0.808. The van der Waals surface area contributed by atoms with Crippen LogP contribution in [-0.2, 0) is 17.9 Å². The maximum atomic E-state index is 13.4. The molecule has 2 aromatic carbocycles. The average molecular weight is 439 g/mol. The van der Waals surface area contributed by atoms with Crippen LogP contribution in [0.3, 0.4) is 0 Å². The molecule has 6 nitrogen and oxygen atoms in total. The number of furan rings is 1. The van der Waals surface area contributed by atoms with E-state index in [2.05, 4.69) is 10.6 Å². The Morgan fingerprint density at radius 1 is 1.00 bits per heavy atom. The van der Waals surface area contributed by atoms with Gasteiger partial charge in [0, 0.05) is 29.9 Å². The van der Waals surface area contributed by atoms with E-state index in [1.165, 1.54) is 6.07 Å². The number of nitrogens with one attached hydrogen (secondary N) is 2. The van der Waals surface area contributed by atoms with Gasteiger partial charge in [-0.3, -0.25) is 14.5 Å². The predicted molar refractivity (Wildman–Crippen MR) is 115 cm³/mol. The van der Waals surface area contributed by atoms with Crippen LogP contribution in [-0.4, -0.2) is 29.3 Å². The molecule has 0 saturated heterocycles. The number of anilines is 1. The molecule has 1 aliphatic rings. The van der Waals surface area contributed by atoms with Gasteiger partial charge in [-0.1, -0.05) is 12.1 Å². The number of amides is 2. The zero-order valence-corrected chi connectivity index (χ0v) is 17.3. The lowest BCUT2D eigenvalue weighted by atomic mass is 10.1. The molecule has 0 atom stereocenters. The number of nitrogens with zero attached hydrogens (tertiary/aromatic N) is 1. The van der Waals surface area contributed by atoms with Crippen molar-refractivity contribution in [1.82, 2.24) is 10.2 Å². The summed E-state index contributed by atoms with van der Waals surface area (Å²) in [5.41, 5.74) is 1.69. The van der Waals surface area contributed by atoms with Gasteiger partial charge in [-0.25, -0.2) is 8.78 Å². The summed E-state index contributed by atoms with van der Waals surface area (Å²) in [6, 6.07) is 14.3. The molecule has 3 aromatic rings. The Kier molecular flexibility index (Phi) is 6.61. The summed E-state index contributed by atoms with van der Waals surface area (Å²) >= 11 is 0. The van der Waals surface area contributed by atoms with Crippen LogP contribution in [0.15, 0.2) is 65.3 Å². The summed E-state index contributed by atoms with van der Waals surface area (Å²) in [5.74, 6) is -1.77. The average Bonchev–Trinajstić information content (AvgIpc) is 3.43. The van der Waals surface area contributed by atoms with Gasteiger partial charge < -0.3 is 15.1 Å². The molecule has 1 saturated carbocycles. The molecule has 32 heavy (non-hydrogen) atoms. The Labute approximate surface area is 184 Å². The van der Waals surface area contributed by atoms with Gasteiger partial charge in [-0.05, 0) is 54.8 Å². The molecule has 1 aliphatic carbocycles. The molecule has 1 aromatic heterocycles. The van der Waals surface area contributed by atoms with E-state index in [1.54, 1.807) is 24.5 Å². The molecule has 2 N–H and O–H groups in total. The van der Waals surface area contributed by atoms with E-state index in [0.29, 0.717) is 30.5 Å². The Bertz CT molecular complexity index is 1080. The molecular weight excluding hydrogens is 416 g/mol. The summed E-state index contributed by atoms with van der Waals surface area (Å²) in [7, 11) is 0. The third-order valence-electron chi connectivity index (χ3n) is 5.06. The quantitative estimate of drug-likeness (QED) is 0.527. The van der Waals surface area contributed by atoms with E-state index in [1.807, 2.05) is 23.1 Å². The van der Waals surface area contributed by atoms with Crippen LogP contribution in [0.25, 0.3) is 0 Å². The second-order valence-corrected chi connectivity index (χ2v) is 7.85. The number of benzene rings is 2. The van der Waals surface area contributed by atoms with Crippen molar-refractivity contribution in [2.45, 2.75) is 32.0 Å². The zero-order chi connectivity index (χ0) is 22.5. The molecule has 1 heterocycles. The number of halogens is 2. The van der Waals surface area contributed by atoms with Crippen LogP contribution in [0.2, 0.25) is 0 Å². The second kappa shape index (κ2) is 9.74. The Hall–Kier alpha value is -3.52. The molecule has 4 rings (SSSR count). The maximum Gasteiger partial charge on any atom is 0.251 e. The Balaban J connectivity index is 1.41. The SMILES string of the molecule is O=C(CN(Cc1ccc(C(=O)NC2CC2)cc1)Cc1ccco1)Nc1ccc(F)c(F)c1. The van der Waals surface area contributed by atoms with Crippen molar-refractivity contribution < 1.29 is 22.8 Å². The van der Waals surface area contributed by atoms with Gasteiger partial charge >= 0.3 is 0 Å². The first kappa shape index (κ1) is 21.7. The monoisotopic (exact) mass is 439 g/mol.